The quantitative estimate of drug-likeness (QED) is 0.618. The number of amides is 1. The number of hydrogen-bond donors (Lipinski definition) is 1. The molecule has 0 saturated carbocycles. The van der Waals surface area contributed by atoms with Gasteiger partial charge in [0.05, 0.1) is 47.6 Å². The Morgan fingerprint density at radius 1 is 1.14 bits per heavy atom. The summed E-state index contributed by atoms with van der Waals surface area (Å²) in [6.07, 6.45) is 2.22. The van der Waals surface area contributed by atoms with E-state index in [0.717, 1.165) is 0 Å². The molecule has 1 amide bonds. The second-order valence-electron chi connectivity index (χ2n) is 5.94. The highest BCUT2D eigenvalue weighted by Crippen LogP contribution is 2.45. The summed E-state index contributed by atoms with van der Waals surface area (Å²) >= 11 is 12.9. The summed E-state index contributed by atoms with van der Waals surface area (Å²) in [5.74, 6) is 0.682. The Morgan fingerprint density at radius 3 is 2.36 bits per heavy atom. The lowest BCUT2D eigenvalue weighted by Gasteiger charge is -2.16. The molecular formula is C19H17Cl2N3O4. The minimum absolute atomic E-state index is 0.213. The van der Waals surface area contributed by atoms with Crippen molar-refractivity contribution in [3.05, 3.63) is 50.5 Å². The molecule has 0 atom stereocenters. The molecule has 0 fully saturated rings. The van der Waals surface area contributed by atoms with Crippen LogP contribution in [-0.4, -0.2) is 30.2 Å². The molecule has 2 heterocycles. The number of ether oxygens (including phenoxy) is 2. The maximum absolute atomic E-state index is 13.1. The first-order valence-corrected chi connectivity index (χ1v) is 8.94. The van der Waals surface area contributed by atoms with Crippen molar-refractivity contribution in [1.29, 1.82) is 0 Å². The van der Waals surface area contributed by atoms with Gasteiger partial charge in [-0.2, -0.15) is 0 Å². The van der Waals surface area contributed by atoms with E-state index in [0.29, 0.717) is 45.6 Å². The number of nitrogens with one attached hydrogen (secondary N) is 1. The van der Waals surface area contributed by atoms with E-state index in [1.165, 1.54) is 18.8 Å². The number of fused-ring (bicyclic) bond motifs is 1. The number of nitrogens with zero attached hydrogens (tertiary/aromatic N) is 2. The molecule has 3 aromatic rings. The van der Waals surface area contributed by atoms with Crippen LogP contribution in [0.25, 0.3) is 22.0 Å². The van der Waals surface area contributed by atoms with Crippen molar-refractivity contribution in [2.75, 3.05) is 14.2 Å². The Bertz CT molecular complexity index is 1100. The molecule has 0 aliphatic rings. The standard InChI is InChI=1S/C19H17Cl2N3O4/c1-24-13-5-11(8-22-9-25)23-7-10(13)4-12(19(24)26)16-17(20)14(27-2)6-15(28-3)18(16)21/h4-7,9H,8H2,1-3H3,(H,22,25). The largest absolute Gasteiger partial charge is 0.495 e. The van der Waals surface area contributed by atoms with Gasteiger partial charge in [0, 0.05) is 30.3 Å². The van der Waals surface area contributed by atoms with Crippen molar-refractivity contribution >= 4 is 40.5 Å². The van der Waals surface area contributed by atoms with Gasteiger partial charge in [0.1, 0.15) is 11.5 Å². The van der Waals surface area contributed by atoms with Gasteiger partial charge in [-0.25, -0.2) is 0 Å². The van der Waals surface area contributed by atoms with Crippen LogP contribution in [-0.2, 0) is 18.4 Å². The van der Waals surface area contributed by atoms with Crippen LogP contribution in [0.1, 0.15) is 5.69 Å². The molecule has 1 N–H and O–H groups in total. The zero-order chi connectivity index (χ0) is 20.4. The first kappa shape index (κ1) is 20.0. The lowest BCUT2D eigenvalue weighted by atomic mass is 10.0. The summed E-state index contributed by atoms with van der Waals surface area (Å²) in [4.78, 5) is 27.9. The van der Waals surface area contributed by atoms with Crippen LogP contribution in [0.4, 0.5) is 0 Å². The fraction of sp³-hybridized carbons (Fsp3) is 0.211. The van der Waals surface area contributed by atoms with Gasteiger partial charge >= 0.3 is 0 Å². The van der Waals surface area contributed by atoms with Crippen molar-refractivity contribution in [1.82, 2.24) is 14.9 Å². The predicted octanol–water partition coefficient (Wildman–Crippen LogP) is 3.17. The number of halogens is 2. The number of aromatic nitrogens is 2. The van der Waals surface area contributed by atoms with Crippen LogP contribution in [0.15, 0.2) is 29.2 Å². The summed E-state index contributed by atoms with van der Waals surface area (Å²) in [5.41, 5.74) is 1.61. The van der Waals surface area contributed by atoms with Crippen molar-refractivity contribution in [2.45, 2.75) is 6.54 Å². The number of carbonyl (C=O) groups excluding carboxylic acids is 1. The number of aryl methyl sites for hydroxylation is 1. The second kappa shape index (κ2) is 8.08. The SMILES string of the molecule is COc1cc(OC)c(Cl)c(-c2cc3cnc(CNC=O)cc3n(C)c2=O)c1Cl. The Kier molecular flexibility index (Phi) is 5.76. The lowest BCUT2D eigenvalue weighted by Crippen LogP contribution is -2.20. The Balaban J connectivity index is 2.29. The van der Waals surface area contributed by atoms with Gasteiger partial charge in [-0.3, -0.25) is 14.6 Å². The average molecular weight is 422 g/mol. The average Bonchev–Trinajstić information content (AvgIpc) is 2.70. The van der Waals surface area contributed by atoms with Crippen LogP contribution in [0.2, 0.25) is 10.0 Å². The van der Waals surface area contributed by atoms with Crippen LogP contribution < -0.4 is 20.3 Å². The van der Waals surface area contributed by atoms with Crippen LogP contribution in [0.5, 0.6) is 11.5 Å². The summed E-state index contributed by atoms with van der Waals surface area (Å²) in [7, 11) is 4.58. The molecule has 0 spiro atoms. The summed E-state index contributed by atoms with van der Waals surface area (Å²) < 4.78 is 12.1. The maximum atomic E-state index is 13.1. The molecule has 7 nitrogen and oxygen atoms in total. The highest BCUT2D eigenvalue weighted by atomic mass is 35.5. The van der Waals surface area contributed by atoms with E-state index in [9.17, 15) is 9.59 Å². The molecule has 0 aliphatic heterocycles. The molecule has 1 aromatic carbocycles. The third-order valence-corrected chi connectivity index (χ3v) is 5.12. The molecule has 0 aliphatic carbocycles. The minimum Gasteiger partial charge on any atom is -0.495 e. The zero-order valence-corrected chi connectivity index (χ0v) is 16.9. The molecule has 146 valence electrons. The van der Waals surface area contributed by atoms with Crippen molar-refractivity contribution in [2.24, 2.45) is 7.05 Å². The minimum atomic E-state index is -0.299. The van der Waals surface area contributed by atoms with Crippen molar-refractivity contribution < 1.29 is 14.3 Å². The number of methoxy groups -OCH3 is 2. The highest BCUT2D eigenvalue weighted by Gasteiger charge is 2.22. The van der Waals surface area contributed by atoms with Gasteiger partial charge in [-0.1, -0.05) is 23.2 Å². The third kappa shape index (κ3) is 3.39. The van der Waals surface area contributed by atoms with E-state index < -0.39 is 0 Å². The topological polar surface area (TPSA) is 82.4 Å². The second-order valence-corrected chi connectivity index (χ2v) is 6.70. The molecule has 0 bridgehead atoms. The number of rotatable bonds is 6. The molecule has 28 heavy (non-hydrogen) atoms. The maximum Gasteiger partial charge on any atom is 0.258 e. The fourth-order valence-electron chi connectivity index (χ4n) is 2.95. The fourth-order valence-corrected chi connectivity index (χ4v) is 3.65. The van der Waals surface area contributed by atoms with E-state index in [2.05, 4.69) is 10.3 Å². The van der Waals surface area contributed by atoms with E-state index in [1.807, 2.05) is 0 Å². The van der Waals surface area contributed by atoms with Crippen molar-refractivity contribution in [3.8, 4) is 22.6 Å². The Hall–Kier alpha value is -2.77. The van der Waals surface area contributed by atoms with Gasteiger partial charge in [0.15, 0.2) is 0 Å². The molecule has 3 rings (SSSR count). The molecule has 2 aromatic heterocycles. The molecular weight excluding hydrogens is 405 g/mol. The molecule has 0 radical (unpaired) electrons. The van der Waals surface area contributed by atoms with Crippen LogP contribution in [0.3, 0.4) is 0 Å². The van der Waals surface area contributed by atoms with Gasteiger partial charge in [-0.05, 0) is 12.1 Å². The highest BCUT2D eigenvalue weighted by molar-refractivity contribution is 6.41. The van der Waals surface area contributed by atoms with Gasteiger partial charge in [0.25, 0.3) is 5.56 Å². The summed E-state index contributed by atoms with van der Waals surface area (Å²) in [6.45, 7) is 0.264. The van der Waals surface area contributed by atoms with Crippen LogP contribution in [0, 0.1) is 0 Å². The number of hydrogen-bond acceptors (Lipinski definition) is 5. The smallest absolute Gasteiger partial charge is 0.258 e. The summed E-state index contributed by atoms with van der Waals surface area (Å²) in [6, 6.07) is 4.98. The van der Waals surface area contributed by atoms with E-state index >= 15 is 0 Å². The van der Waals surface area contributed by atoms with Gasteiger partial charge in [0.2, 0.25) is 6.41 Å². The van der Waals surface area contributed by atoms with Crippen molar-refractivity contribution in [3.63, 3.8) is 0 Å². The first-order chi connectivity index (χ1) is 13.4. The molecule has 9 heteroatoms. The summed E-state index contributed by atoms with van der Waals surface area (Å²) in [5, 5.41) is 3.68. The normalized spacial score (nSPS) is 10.8. The van der Waals surface area contributed by atoms with Crippen LogP contribution >= 0.6 is 23.2 Å². The zero-order valence-electron chi connectivity index (χ0n) is 15.4. The Morgan fingerprint density at radius 2 is 1.79 bits per heavy atom. The number of pyridine rings is 2. The third-order valence-electron chi connectivity index (χ3n) is 4.37. The molecule has 0 saturated heterocycles. The van der Waals surface area contributed by atoms with Gasteiger partial charge in [-0.15, -0.1) is 0 Å². The lowest BCUT2D eigenvalue weighted by molar-refractivity contribution is -0.109. The van der Waals surface area contributed by atoms with Gasteiger partial charge < -0.3 is 19.4 Å². The Labute approximate surface area is 170 Å². The predicted molar refractivity (Wildman–Crippen MR) is 108 cm³/mol. The number of carbonyl (C=O) groups is 1. The first-order valence-electron chi connectivity index (χ1n) is 8.19. The van der Waals surface area contributed by atoms with E-state index in [1.54, 1.807) is 31.4 Å². The molecule has 0 unspecified atom stereocenters. The number of benzene rings is 1. The monoisotopic (exact) mass is 421 g/mol. The van der Waals surface area contributed by atoms with E-state index in [-0.39, 0.29) is 22.1 Å². The van der Waals surface area contributed by atoms with E-state index in [4.69, 9.17) is 32.7 Å².